The monoisotopic (exact) mass is 247 g/mol. The van der Waals surface area contributed by atoms with Gasteiger partial charge in [-0.2, -0.15) is 0 Å². The Morgan fingerprint density at radius 1 is 1.29 bits per heavy atom. The highest BCUT2D eigenvalue weighted by Gasteiger charge is 2.07. The van der Waals surface area contributed by atoms with Gasteiger partial charge < -0.3 is 10.5 Å². The second-order valence-electron chi connectivity index (χ2n) is 4.11. The number of thiophene rings is 1. The highest BCUT2D eigenvalue weighted by Crippen LogP contribution is 2.31. The summed E-state index contributed by atoms with van der Waals surface area (Å²) >= 11 is 1.76. The molecule has 1 aromatic heterocycles. The number of hydrogen-bond acceptors (Lipinski definition) is 3. The molecule has 0 fully saturated rings. The molecule has 2 rings (SSSR count). The van der Waals surface area contributed by atoms with Crippen molar-refractivity contribution in [2.45, 2.75) is 12.8 Å². The first-order valence-electron chi connectivity index (χ1n) is 5.67. The molecule has 1 atom stereocenters. The zero-order chi connectivity index (χ0) is 12.3. The van der Waals surface area contributed by atoms with Gasteiger partial charge in [-0.25, -0.2) is 0 Å². The van der Waals surface area contributed by atoms with E-state index in [1.807, 2.05) is 12.1 Å². The maximum Gasteiger partial charge on any atom is 0.118 e. The van der Waals surface area contributed by atoms with Gasteiger partial charge in [0.25, 0.3) is 0 Å². The van der Waals surface area contributed by atoms with E-state index in [1.165, 1.54) is 16.0 Å². The SMILES string of the molecule is COc1ccc(-c2cc(C(C)CN)cs2)cc1. The second-order valence-corrected chi connectivity index (χ2v) is 5.02. The highest BCUT2D eigenvalue weighted by atomic mass is 32.1. The molecular weight excluding hydrogens is 230 g/mol. The minimum atomic E-state index is 0.429. The first-order valence-corrected chi connectivity index (χ1v) is 6.55. The molecule has 0 aliphatic rings. The summed E-state index contributed by atoms with van der Waals surface area (Å²) in [6.45, 7) is 2.85. The Morgan fingerprint density at radius 2 is 2.00 bits per heavy atom. The van der Waals surface area contributed by atoms with E-state index in [2.05, 4.69) is 30.5 Å². The predicted octanol–water partition coefficient (Wildman–Crippen LogP) is 3.49. The fraction of sp³-hybridized carbons (Fsp3) is 0.286. The first-order chi connectivity index (χ1) is 8.24. The molecule has 0 radical (unpaired) electrons. The lowest BCUT2D eigenvalue weighted by atomic mass is 10.0. The Kier molecular flexibility index (Phi) is 3.82. The standard InChI is InChI=1S/C14H17NOS/c1-10(8-15)12-7-14(17-9-12)11-3-5-13(16-2)6-4-11/h3-7,9-10H,8,15H2,1-2H3. The van der Waals surface area contributed by atoms with Gasteiger partial charge >= 0.3 is 0 Å². The molecule has 1 heterocycles. The summed E-state index contributed by atoms with van der Waals surface area (Å²) in [5.74, 6) is 1.32. The summed E-state index contributed by atoms with van der Waals surface area (Å²) in [6, 6.07) is 10.4. The van der Waals surface area contributed by atoms with E-state index in [4.69, 9.17) is 10.5 Å². The zero-order valence-corrected chi connectivity index (χ0v) is 11.0. The summed E-state index contributed by atoms with van der Waals surface area (Å²) in [5.41, 5.74) is 8.23. The lowest BCUT2D eigenvalue weighted by molar-refractivity contribution is 0.415. The number of benzene rings is 1. The zero-order valence-electron chi connectivity index (χ0n) is 10.1. The molecule has 1 unspecified atom stereocenters. The van der Waals surface area contributed by atoms with E-state index in [0.29, 0.717) is 12.5 Å². The van der Waals surface area contributed by atoms with Crippen molar-refractivity contribution in [3.63, 3.8) is 0 Å². The van der Waals surface area contributed by atoms with Gasteiger partial charge in [0.15, 0.2) is 0 Å². The van der Waals surface area contributed by atoms with Gasteiger partial charge in [-0.05, 0) is 59.3 Å². The summed E-state index contributed by atoms with van der Waals surface area (Å²) in [4.78, 5) is 1.28. The van der Waals surface area contributed by atoms with Crippen molar-refractivity contribution in [3.05, 3.63) is 41.3 Å². The summed E-state index contributed by atoms with van der Waals surface area (Å²) in [7, 11) is 1.68. The molecule has 0 aliphatic carbocycles. The largest absolute Gasteiger partial charge is 0.497 e. The van der Waals surface area contributed by atoms with Crippen LogP contribution in [0.25, 0.3) is 10.4 Å². The van der Waals surface area contributed by atoms with Crippen LogP contribution in [0.5, 0.6) is 5.75 Å². The van der Waals surface area contributed by atoms with Crippen molar-refractivity contribution in [1.29, 1.82) is 0 Å². The minimum absolute atomic E-state index is 0.429. The van der Waals surface area contributed by atoms with Gasteiger partial charge in [0, 0.05) is 4.88 Å². The molecule has 1 aromatic carbocycles. The molecule has 17 heavy (non-hydrogen) atoms. The van der Waals surface area contributed by atoms with E-state index in [-0.39, 0.29) is 0 Å². The highest BCUT2D eigenvalue weighted by molar-refractivity contribution is 7.13. The van der Waals surface area contributed by atoms with Crippen molar-refractivity contribution < 1.29 is 4.74 Å². The number of ether oxygens (including phenoxy) is 1. The average molecular weight is 247 g/mol. The van der Waals surface area contributed by atoms with Gasteiger partial charge in [-0.1, -0.05) is 6.92 Å². The summed E-state index contributed by atoms with van der Waals surface area (Å²) in [5, 5.41) is 2.19. The molecule has 0 amide bonds. The third-order valence-corrected chi connectivity index (χ3v) is 3.91. The van der Waals surface area contributed by atoms with E-state index in [0.717, 1.165) is 5.75 Å². The van der Waals surface area contributed by atoms with Gasteiger partial charge in [-0.3, -0.25) is 0 Å². The normalized spacial score (nSPS) is 12.4. The van der Waals surface area contributed by atoms with E-state index in [1.54, 1.807) is 18.4 Å². The van der Waals surface area contributed by atoms with Crippen LogP contribution in [0.4, 0.5) is 0 Å². The van der Waals surface area contributed by atoms with Crippen LogP contribution in [-0.2, 0) is 0 Å². The second kappa shape index (κ2) is 5.34. The van der Waals surface area contributed by atoms with Crippen LogP contribution in [0.2, 0.25) is 0 Å². The van der Waals surface area contributed by atoms with E-state index < -0.39 is 0 Å². The minimum Gasteiger partial charge on any atom is -0.497 e. The van der Waals surface area contributed by atoms with Crippen LogP contribution in [0.15, 0.2) is 35.7 Å². The third kappa shape index (κ3) is 2.68. The molecule has 90 valence electrons. The first kappa shape index (κ1) is 12.1. The molecule has 3 heteroatoms. The molecule has 0 bridgehead atoms. The van der Waals surface area contributed by atoms with E-state index in [9.17, 15) is 0 Å². The summed E-state index contributed by atoms with van der Waals surface area (Å²) < 4.78 is 5.15. The Bertz CT molecular complexity index is 475. The third-order valence-electron chi connectivity index (χ3n) is 2.92. The smallest absolute Gasteiger partial charge is 0.118 e. The van der Waals surface area contributed by atoms with Gasteiger partial charge in [0.1, 0.15) is 5.75 Å². The molecule has 0 saturated carbocycles. The Balaban J connectivity index is 2.24. The predicted molar refractivity (Wildman–Crippen MR) is 73.8 cm³/mol. The molecule has 0 spiro atoms. The molecular formula is C14H17NOS. The molecule has 2 N–H and O–H groups in total. The van der Waals surface area contributed by atoms with Crippen molar-refractivity contribution in [2.75, 3.05) is 13.7 Å². The molecule has 0 saturated heterocycles. The van der Waals surface area contributed by atoms with Crippen LogP contribution < -0.4 is 10.5 Å². The lowest BCUT2D eigenvalue weighted by Crippen LogP contribution is -2.07. The van der Waals surface area contributed by atoms with Crippen LogP contribution in [0.1, 0.15) is 18.4 Å². The Labute approximate surface area is 106 Å². The van der Waals surface area contributed by atoms with Crippen molar-refractivity contribution in [1.82, 2.24) is 0 Å². The number of methoxy groups -OCH3 is 1. The fourth-order valence-electron chi connectivity index (χ4n) is 1.65. The van der Waals surface area contributed by atoms with Crippen molar-refractivity contribution in [2.24, 2.45) is 5.73 Å². The van der Waals surface area contributed by atoms with Crippen LogP contribution in [0, 0.1) is 0 Å². The lowest BCUT2D eigenvalue weighted by Gasteiger charge is -2.04. The van der Waals surface area contributed by atoms with Gasteiger partial charge in [0.2, 0.25) is 0 Å². The summed E-state index contributed by atoms with van der Waals surface area (Å²) in [6.07, 6.45) is 0. The maximum atomic E-state index is 5.68. The quantitative estimate of drug-likeness (QED) is 0.897. The fourth-order valence-corrected chi connectivity index (χ4v) is 2.69. The van der Waals surface area contributed by atoms with Crippen LogP contribution >= 0.6 is 11.3 Å². The molecule has 2 aromatic rings. The van der Waals surface area contributed by atoms with Crippen molar-refractivity contribution in [3.8, 4) is 16.2 Å². The number of rotatable bonds is 4. The van der Waals surface area contributed by atoms with Crippen LogP contribution in [-0.4, -0.2) is 13.7 Å². The van der Waals surface area contributed by atoms with Gasteiger partial charge in [-0.15, -0.1) is 11.3 Å². The van der Waals surface area contributed by atoms with E-state index >= 15 is 0 Å². The molecule has 2 nitrogen and oxygen atoms in total. The van der Waals surface area contributed by atoms with Crippen molar-refractivity contribution >= 4 is 11.3 Å². The van der Waals surface area contributed by atoms with Crippen LogP contribution in [0.3, 0.4) is 0 Å². The Hall–Kier alpha value is -1.32. The topological polar surface area (TPSA) is 35.2 Å². The maximum absolute atomic E-state index is 5.68. The molecule has 0 aliphatic heterocycles. The number of nitrogens with two attached hydrogens (primary N) is 1. The average Bonchev–Trinajstić information content (AvgIpc) is 2.87. The number of hydrogen-bond donors (Lipinski definition) is 1. The Morgan fingerprint density at radius 3 is 2.59 bits per heavy atom. The van der Waals surface area contributed by atoms with Gasteiger partial charge in [0.05, 0.1) is 7.11 Å².